The van der Waals surface area contributed by atoms with Crippen LogP contribution < -0.4 is 10.6 Å². The summed E-state index contributed by atoms with van der Waals surface area (Å²) in [4.78, 5) is 25.5. The number of hydrogen-bond donors (Lipinski definition) is 2. The molecule has 0 aliphatic heterocycles. The van der Waals surface area contributed by atoms with Crippen LogP contribution in [0.1, 0.15) is 22.8 Å². The van der Waals surface area contributed by atoms with E-state index in [2.05, 4.69) is 10.6 Å². The molecule has 6 heteroatoms. The zero-order valence-electron chi connectivity index (χ0n) is 16.1. The Labute approximate surface area is 173 Å². The molecule has 0 aromatic heterocycles. The predicted molar refractivity (Wildman–Crippen MR) is 116 cm³/mol. The minimum Gasteiger partial charge on any atom is -0.323 e. The Balaban J connectivity index is 1.57. The average Bonchev–Trinajstić information content (AvgIpc) is 2.71. The van der Waals surface area contributed by atoms with E-state index in [0.29, 0.717) is 11.3 Å². The predicted octanol–water partition coefficient (Wildman–Crippen LogP) is 5.51. The lowest BCUT2D eigenvalue weighted by Crippen LogP contribution is -2.22. The molecule has 29 heavy (non-hydrogen) atoms. The Kier molecular flexibility index (Phi) is 6.67. The van der Waals surface area contributed by atoms with Crippen LogP contribution in [0, 0.1) is 12.7 Å². The van der Waals surface area contributed by atoms with Crippen LogP contribution in [0.15, 0.2) is 77.7 Å². The largest absolute Gasteiger partial charge is 0.323 e. The lowest BCUT2D eigenvalue weighted by Gasteiger charge is -2.13. The Bertz CT molecular complexity index is 1020. The normalized spacial score (nSPS) is 11.6. The van der Waals surface area contributed by atoms with Gasteiger partial charge in [-0.25, -0.2) is 4.39 Å². The van der Waals surface area contributed by atoms with Crippen LogP contribution in [0.3, 0.4) is 0 Å². The van der Waals surface area contributed by atoms with Gasteiger partial charge >= 0.3 is 0 Å². The Hall–Kier alpha value is -3.12. The summed E-state index contributed by atoms with van der Waals surface area (Å²) in [5.41, 5.74) is 2.46. The van der Waals surface area contributed by atoms with Gasteiger partial charge in [0.2, 0.25) is 5.91 Å². The molecule has 0 heterocycles. The minimum absolute atomic E-state index is 0.166. The zero-order valence-corrected chi connectivity index (χ0v) is 16.9. The number of rotatable bonds is 6. The molecule has 0 radical (unpaired) electrons. The quantitative estimate of drug-likeness (QED) is 0.529. The summed E-state index contributed by atoms with van der Waals surface area (Å²) < 4.78 is 13.7. The first-order chi connectivity index (χ1) is 13.9. The van der Waals surface area contributed by atoms with Crippen LogP contribution in [0.25, 0.3) is 0 Å². The van der Waals surface area contributed by atoms with Crippen LogP contribution in [0.5, 0.6) is 0 Å². The molecule has 148 valence electrons. The molecule has 1 unspecified atom stereocenters. The third-order valence-electron chi connectivity index (χ3n) is 4.21. The van der Waals surface area contributed by atoms with Gasteiger partial charge in [-0.3, -0.25) is 9.59 Å². The van der Waals surface area contributed by atoms with Crippen LogP contribution in [0.2, 0.25) is 0 Å². The van der Waals surface area contributed by atoms with Crippen molar-refractivity contribution in [1.82, 2.24) is 0 Å². The molecule has 2 amide bonds. The van der Waals surface area contributed by atoms with E-state index in [9.17, 15) is 14.0 Å². The van der Waals surface area contributed by atoms with Gasteiger partial charge < -0.3 is 10.6 Å². The highest BCUT2D eigenvalue weighted by atomic mass is 32.2. The molecule has 4 nitrogen and oxygen atoms in total. The number of aryl methyl sites for hydroxylation is 1. The van der Waals surface area contributed by atoms with E-state index < -0.39 is 11.1 Å². The Morgan fingerprint density at radius 2 is 1.66 bits per heavy atom. The van der Waals surface area contributed by atoms with Crippen molar-refractivity contribution in [2.45, 2.75) is 24.0 Å². The summed E-state index contributed by atoms with van der Waals surface area (Å²) in [7, 11) is 0. The molecule has 0 saturated carbocycles. The first-order valence-corrected chi connectivity index (χ1v) is 10.0. The lowest BCUT2D eigenvalue weighted by molar-refractivity contribution is -0.115. The van der Waals surface area contributed by atoms with Crippen molar-refractivity contribution in [3.05, 3.63) is 89.7 Å². The molecule has 0 bridgehead atoms. The molecule has 3 aromatic carbocycles. The van der Waals surface area contributed by atoms with E-state index in [1.807, 2.05) is 37.3 Å². The van der Waals surface area contributed by atoms with Gasteiger partial charge in [-0.05, 0) is 62.4 Å². The van der Waals surface area contributed by atoms with Crippen LogP contribution in [-0.2, 0) is 4.79 Å². The minimum atomic E-state index is -0.466. The third-order valence-corrected chi connectivity index (χ3v) is 5.32. The smallest absolute Gasteiger partial charge is 0.255 e. The number of hydrogen-bond acceptors (Lipinski definition) is 3. The molecule has 0 aliphatic carbocycles. The van der Waals surface area contributed by atoms with Gasteiger partial charge in [0, 0.05) is 16.1 Å². The van der Waals surface area contributed by atoms with Gasteiger partial charge in [-0.1, -0.05) is 29.8 Å². The number of carbonyl (C=O) groups is 2. The maximum absolute atomic E-state index is 13.7. The van der Waals surface area contributed by atoms with Crippen molar-refractivity contribution in [2.75, 3.05) is 10.6 Å². The summed E-state index contributed by atoms with van der Waals surface area (Å²) in [6.07, 6.45) is 0. The van der Waals surface area contributed by atoms with Crippen molar-refractivity contribution in [3.8, 4) is 0 Å². The first kappa shape index (κ1) is 20.6. The molecule has 3 rings (SSSR count). The van der Waals surface area contributed by atoms with Crippen molar-refractivity contribution < 1.29 is 14.0 Å². The highest BCUT2D eigenvalue weighted by molar-refractivity contribution is 8.00. The maximum Gasteiger partial charge on any atom is 0.255 e. The van der Waals surface area contributed by atoms with Gasteiger partial charge in [-0.2, -0.15) is 0 Å². The molecule has 2 N–H and O–H groups in total. The molecular weight excluding hydrogens is 387 g/mol. The van der Waals surface area contributed by atoms with Gasteiger partial charge in [0.05, 0.1) is 10.9 Å². The van der Waals surface area contributed by atoms with Crippen molar-refractivity contribution in [2.24, 2.45) is 0 Å². The molecule has 0 fully saturated rings. The maximum atomic E-state index is 13.7. The third kappa shape index (κ3) is 5.68. The van der Waals surface area contributed by atoms with Crippen molar-refractivity contribution in [1.29, 1.82) is 0 Å². The van der Waals surface area contributed by atoms with Gasteiger partial charge in [0.25, 0.3) is 5.91 Å². The van der Waals surface area contributed by atoms with Crippen molar-refractivity contribution in [3.63, 3.8) is 0 Å². The van der Waals surface area contributed by atoms with Gasteiger partial charge in [0.15, 0.2) is 0 Å². The van der Waals surface area contributed by atoms with E-state index in [1.165, 1.54) is 23.9 Å². The fraction of sp³-hybridized carbons (Fsp3) is 0.130. The van der Waals surface area contributed by atoms with Crippen molar-refractivity contribution >= 4 is 35.0 Å². The highest BCUT2D eigenvalue weighted by Crippen LogP contribution is 2.26. The molecule has 0 aliphatic rings. The number of thioether (sulfide) groups is 1. The van der Waals surface area contributed by atoms with Gasteiger partial charge in [0.1, 0.15) is 5.82 Å². The summed E-state index contributed by atoms with van der Waals surface area (Å²) in [6.45, 7) is 3.70. The summed E-state index contributed by atoms with van der Waals surface area (Å²) >= 11 is 1.36. The van der Waals surface area contributed by atoms with E-state index >= 15 is 0 Å². The fourth-order valence-electron chi connectivity index (χ4n) is 2.66. The van der Waals surface area contributed by atoms with E-state index in [-0.39, 0.29) is 17.5 Å². The second-order valence-electron chi connectivity index (χ2n) is 6.58. The fourth-order valence-corrected chi connectivity index (χ4v) is 3.53. The van der Waals surface area contributed by atoms with Crippen LogP contribution in [0.4, 0.5) is 15.8 Å². The van der Waals surface area contributed by atoms with E-state index in [0.717, 1.165) is 10.5 Å². The topological polar surface area (TPSA) is 58.2 Å². The Morgan fingerprint density at radius 3 is 2.34 bits per heavy atom. The number of benzene rings is 3. The average molecular weight is 408 g/mol. The second kappa shape index (κ2) is 9.39. The standard InChI is InChI=1S/C23H21FN2O2S/c1-15-6-5-7-17(14-15)23(28)25-18-10-12-19(13-11-18)29-16(2)22(27)26-21-9-4-3-8-20(21)24/h3-14,16H,1-2H3,(H,25,28)(H,26,27). The van der Waals surface area contributed by atoms with Crippen LogP contribution >= 0.6 is 11.8 Å². The van der Waals surface area contributed by atoms with Crippen LogP contribution in [-0.4, -0.2) is 17.1 Å². The number of para-hydroxylation sites is 1. The number of carbonyl (C=O) groups excluding carboxylic acids is 2. The van der Waals surface area contributed by atoms with E-state index in [4.69, 9.17) is 0 Å². The summed E-state index contributed by atoms with van der Waals surface area (Å²) in [6, 6.07) is 20.7. The second-order valence-corrected chi connectivity index (χ2v) is 7.99. The molecule has 0 saturated heterocycles. The SMILES string of the molecule is Cc1cccc(C(=O)Nc2ccc(SC(C)C(=O)Nc3ccccc3F)cc2)c1. The van der Waals surface area contributed by atoms with E-state index in [1.54, 1.807) is 37.3 Å². The number of amides is 2. The number of nitrogens with one attached hydrogen (secondary N) is 2. The molecule has 0 spiro atoms. The molecule has 3 aromatic rings. The first-order valence-electron chi connectivity index (χ1n) is 9.12. The monoisotopic (exact) mass is 408 g/mol. The summed E-state index contributed by atoms with van der Waals surface area (Å²) in [5, 5.41) is 5.04. The number of halogens is 1. The summed E-state index contributed by atoms with van der Waals surface area (Å²) in [5.74, 6) is -0.921. The lowest BCUT2D eigenvalue weighted by atomic mass is 10.1. The van der Waals surface area contributed by atoms with Gasteiger partial charge in [-0.15, -0.1) is 11.8 Å². The zero-order chi connectivity index (χ0) is 20.8. The molecule has 1 atom stereocenters. The highest BCUT2D eigenvalue weighted by Gasteiger charge is 2.16. The Morgan fingerprint density at radius 1 is 0.931 bits per heavy atom. The molecular formula is C23H21FN2O2S. The number of anilines is 2.